The van der Waals surface area contributed by atoms with Gasteiger partial charge in [-0.1, -0.05) is 18.7 Å². The van der Waals surface area contributed by atoms with Gasteiger partial charge in [-0.05, 0) is 32.6 Å². The molecular formula is C16H24N4O2S. The molecule has 1 aromatic rings. The van der Waals surface area contributed by atoms with Crippen LogP contribution in [0.5, 0.6) is 0 Å². The van der Waals surface area contributed by atoms with Crippen LogP contribution in [0.2, 0.25) is 0 Å². The molecule has 1 aliphatic rings. The Balaban J connectivity index is 2.03. The summed E-state index contributed by atoms with van der Waals surface area (Å²) in [5.41, 5.74) is 0.855. The van der Waals surface area contributed by atoms with E-state index in [1.54, 1.807) is 11.1 Å². The molecule has 0 aromatic carbocycles. The average molecular weight is 336 g/mol. The lowest BCUT2D eigenvalue weighted by Gasteiger charge is -2.32. The molecule has 2 heterocycles. The molecule has 126 valence electrons. The van der Waals surface area contributed by atoms with Crippen molar-refractivity contribution in [3.63, 3.8) is 0 Å². The van der Waals surface area contributed by atoms with Gasteiger partial charge in [0.1, 0.15) is 5.03 Å². The molecule has 0 aliphatic carbocycles. The summed E-state index contributed by atoms with van der Waals surface area (Å²) in [5.74, 6) is -0.0892. The maximum atomic E-state index is 12.7. The van der Waals surface area contributed by atoms with E-state index in [1.807, 2.05) is 38.1 Å². The standard InChI is InChI=1S/C16H24N4O2S/c1-4-9-20-12-6-5-7-18-15(12)23-13(16(20)22)11-14(21)17-8-10-19(2)3/h5-7,13H,4,8-11H2,1-3H3,(H,17,21)/t13-/m1/s1. The Bertz CT molecular complexity index is 565. The molecule has 2 amide bonds. The van der Waals surface area contributed by atoms with Crippen LogP contribution in [0.15, 0.2) is 23.4 Å². The highest BCUT2D eigenvalue weighted by molar-refractivity contribution is 8.00. The number of nitrogens with zero attached hydrogens (tertiary/aromatic N) is 3. The van der Waals surface area contributed by atoms with Crippen LogP contribution in [0.4, 0.5) is 5.69 Å². The number of fused-ring (bicyclic) bond motifs is 1. The van der Waals surface area contributed by atoms with E-state index in [0.717, 1.165) is 23.7 Å². The van der Waals surface area contributed by atoms with Crippen LogP contribution in [-0.4, -0.2) is 60.7 Å². The first-order valence-electron chi connectivity index (χ1n) is 7.87. The van der Waals surface area contributed by atoms with Crippen molar-refractivity contribution in [2.75, 3.05) is 38.6 Å². The van der Waals surface area contributed by atoms with E-state index in [1.165, 1.54) is 11.8 Å². The fourth-order valence-corrected chi connectivity index (χ4v) is 3.55. The Kier molecular flexibility index (Phi) is 6.41. The van der Waals surface area contributed by atoms with Gasteiger partial charge in [-0.3, -0.25) is 9.59 Å². The summed E-state index contributed by atoms with van der Waals surface area (Å²) < 4.78 is 0. The molecule has 1 aromatic heterocycles. The normalized spacial score (nSPS) is 17.3. The van der Waals surface area contributed by atoms with Gasteiger partial charge < -0.3 is 15.1 Å². The zero-order valence-corrected chi connectivity index (χ0v) is 14.7. The molecule has 0 spiro atoms. The molecule has 0 unspecified atom stereocenters. The highest BCUT2D eigenvalue weighted by Crippen LogP contribution is 2.38. The summed E-state index contributed by atoms with van der Waals surface area (Å²) in [6.07, 6.45) is 2.78. The topological polar surface area (TPSA) is 65.5 Å². The maximum absolute atomic E-state index is 12.7. The number of thioether (sulfide) groups is 1. The lowest BCUT2D eigenvalue weighted by Crippen LogP contribution is -2.44. The Labute approximate surface area is 141 Å². The van der Waals surface area contributed by atoms with Gasteiger partial charge in [0.15, 0.2) is 0 Å². The third kappa shape index (κ3) is 4.68. The van der Waals surface area contributed by atoms with Gasteiger partial charge in [-0.25, -0.2) is 4.98 Å². The number of pyridine rings is 1. The van der Waals surface area contributed by atoms with Crippen molar-refractivity contribution in [3.05, 3.63) is 18.3 Å². The van der Waals surface area contributed by atoms with Crippen LogP contribution < -0.4 is 10.2 Å². The molecule has 0 saturated carbocycles. The van der Waals surface area contributed by atoms with Gasteiger partial charge >= 0.3 is 0 Å². The first kappa shape index (κ1) is 17.7. The van der Waals surface area contributed by atoms with Crippen LogP contribution in [0.1, 0.15) is 19.8 Å². The van der Waals surface area contributed by atoms with Crippen molar-refractivity contribution in [2.45, 2.75) is 30.0 Å². The summed E-state index contributed by atoms with van der Waals surface area (Å²) in [7, 11) is 3.91. The molecule has 23 heavy (non-hydrogen) atoms. The fourth-order valence-electron chi connectivity index (χ4n) is 2.40. The molecule has 0 fully saturated rings. The van der Waals surface area contributed by atoms with E-state index in [4.69, 9.17) is 0 Å². The molecular weight excluding hydrogens is 312 g/mol. The number of carbonyl (C=O) groups is 2. The van der Waals surface area contributed by atoms with Gasteiger partial charge in [0.2, 0.25) is 11.8 Å². The number of rotatable bonds is 7. The molecule has 1 atom stereocenters. The Morgan fingerprint density at radius 3 is 2.96 bits per heavy atom. The number of amides is 2. The predicted octanol–water partition coefficient (Wildman–Crippen LogP) is 1.37. The van der Waals surface area contributed by atoms with Crippen LogP contribution in [0.3, 0.4) is 0 Å². The number of hydrogen-bond acceptors (Lipinski definition) is 5. The van der Waals surface area contributed by atoms with Crippen LogP contribution in [-0.2, 0) is 9.59 Å². The number of likely N-dealkylation sites (N-methyl/N-ethyl adjacent to an activating group) is 1. The van der Waals surface area contributed by atoms with Crippen molar-refractivity contribution < 1.29 is 9.59 Å². The van der Waals surface area contributed by atoms with Gasteiger partial charge in [0.05, 0.1) is 10.9 Å². The monoisotopic (exact) mass is 336 g/mol. The minimum atomic E-state index is -0.400. The number of hydrogen-bond donors (Lipinski definition) is 1. The second-order valence-electron chi connectivity index (χ2n) is 5.78. The quantitative estimate of drug-likeness (QED) is 0.815. The van der Waals surface area contributed by atoms with Crippen LogP contribution in [0, 0.1) is 0 Å². The fraction of sp³-hybridized carbons (Fsp3) is 0.562. The average Bonchev–Trinajstić information content (AvgIpc) is 2.51. The maximum Gasteiger partial charge on any atom is 0.241 e. The molecule has 0 bridgehead atoms. The van der Waals surface area contributed by atoms with Crippen molar-refractivity contribution in [3.8, 4) is 0 Å². The molecule has 1 aliphatic heterocycles. The predicted molar refractivity (Wildman–Crippen MR) is 92.7 cm³/mol. The molecule has 2 rings (SSSR count). The third-order valence-corrected chi connectivity index (χ3v) is 4.73. The molecule has 7 heteroatoms. The minimum absolute atomic E-state index is 0.000101. The number of anilines is 1. The second kappa shape index (κ2) is 8.31. The molecule has 6 nitrogen and oxygen atoms in total. The van der Waals surface area contributed by atoms with E-state index in [2.05, 4.69) is 10.3 Å². The zero-order valence-electron chi connectivity index (χ0n) is 13.9. The SMILES string of the molecule is CCCN1C(=O)[C@@H](CC(=O)NCCN(C)C)Sc2ncccc21. The highest BCUT2D eigenvalue weighted by atomic mass is 32.2. The summed E-state index contributed by atoms with van der Waals surface area (Å²) in [6.45, 7) is 4.06. The molecule has 0 radical (unpaired) electrons. The van der Waals surface area contributed by atoms with Crippen molar-refractivity contribution in [2.24, 2.45) is 0 Å². The van der Waals surface area contributed by atoms with Crippen molar-refractivity contribution >= 4 is 29.3 Å². The lowest BCUT2D eigenvalue weighted by atomic mass is 10.2. The summed E-state index contributed by atoms with van der Waals surface area (Å²) in [5, 5.41) is 3.29. The number of carbonyl (C=O) groups excluding carboxylic acids is 2. The number of nitrogens with one attached hydrogen (secondary N) is 1. The van der Waals surface area contributed by atoms with E-state index in [0.29, 0.717) is 13.1 Å². The first-order chi connectivity index (χ1) is 11.0. The Morgan fingerprint density at radius 2 is 2.26 bits per heavy atom. The van der Waals surface area contributed by atoms with Crippen LogP contribution in [0.25, 0.3) is 0 Å². The Morgan fingerprint density at radius 1 is 1.48 bits per heavy atom. The van der Waals surface area contributed by atoms with Crippen molar-refractivity contribution in [1.29, 1.82) is 0 Å². The van der Waals surface area contributed by atoms with Gasteiger partial charge in [0.25, 0.3) is 0 Å². The summed E-state index contributed by atoms with van der Waals surface area (Å²) in [4.78, 5) is 32.9. The number of aromatic nitrogens is 1. The first-order valence-corrected chi connectivity index (χ1v) is 8.75. The van der Waals surface area contributed by atoms with Crippen LogP contribution >= 0.6 is 11.8 Å². The lowest BCUT2D eigenvalue weighted by molar-refractivity contribution is -0.124. The Hall–Kier alpha value is -1.60. The second-order valence-corrected chi connectivity index (χ2v) is 6.97. The minimum Gasteiger partial charge on any atom is -0.355 e. The molecule has 1 N–H and O–H groups in total. The smallest absolute Gasteiger partial charge is 0.241 e. The third-order valence-electron chi connectivity index (χ3n) is 3.54. The summed E-state index contributed by atoms with van der Waals surface area (Å²) >= 11 is 1.39. The zero-order chi connectivity index (χ0) is 16.8. The van der Waals surface area contributed by atoms with E-state index >= 15 is 0 Å². The van der Waals surface area contributed by atoms with E-state index in [-0.39, 0.29) is 18.2 Å². The molecule has 0 saturated heterocycles. The van der Waals surface area contributed by atoms with Gasteiger partial charge in [0, 0.05) is 32.3 Å². The van der Waals surface area contributed by atoms with Gasteiger partial charge in [-0.15, -0.1) is 0 Å². The largest absolute Gasteiger partial charge is 0.355 e. The highest BCUT2D eigenvalue weighted by Gasteiger charge is 2.35. The van der Waals surface area contributed by atoms with Gasteiger partial charge in [-0.2, -0.15) is 0 Å². The van der Waals surface area contributed by atoms with E-state index in [9.17, 15) is 9.59 Å². The van der Waals surface area contributed by atoms with E-state index < -0.39 is 5.25 Å². The summed E-state index contributed by atoms with van der Waals surface area (Å²) in [6, 6.07) is 3.75. The van der Waals surface area contributed by atoms with Crippen molar-refractivity contribution in [1.82, 2.24) is 15.2 Å².